The maximum Gasteiger partial charge on any atom is 0.0645 e. The van der Waals surface area contributed by atoms with Gasteiger partial charge in [-0.25, -0.2) is 0 Å². The fourth-order valence-electron chi connectivity index (χ4n) is 8.80. The molecular formula is C54H35N3. The zero-order valence-corrected chi connectivity index (χ0v) is 30.5. The van der Waals surface area contributed by atoms with Crippen LogP contribution in [0.2, 0.25) is 0 Å². The molecule has 0 amide bonds. The molecule has 0 saturated carbocycles. The van der Waals surface area contributed by atoms with Gasteiger partial charge < -0.3 is 13.7 Å². The second-order valence-electron chi connectivity index (χ2n) is 14.4. The standard InChI is InChI=1S/C54H35N3/c1-3-15-36(16-4-1)37-17-13-20-41(33-37)56-47-24-10-7-21-42(47)45-34-38(29-31-50(45)56)39-30-32-51-46(35-39)43-22-8-11-25-48(43)57(51)53-28-14-27-52-54(53)44-23-9-12-26-49(44)55(52)40-18-5-2-6-19-40/h1-35H/i8D,11D,22D,25D,30D,32D,35D. The van der Waals surface area contributed by atoms with Gasteiger partial charge >= 0.3 is 0 Å². The fraction of sp³-hybridized carbons (Fsp3) is 0. The highest BCUT2D eigenvalue weighted by atomic mass is 15.0. The lowest BCUT2D eigenvalue weighted by atomic mass is 10.0. The van der Waals surface area contributed by atoms with E-state index in [9.17, 15) is 6.85 Å². The van der Waals surface area contributed by atoms with Gasteiger partial charge in [0.2, 0.25) is 0 Å². The van der Waals surface area contributed by atoms with Crippen LogP contribution in [-0.4, -0.2) is 13.7 Å². The van der Waals surface area contributed by atoms with Crippen LogP contribution in [0.5, 0.6) is 0 Å². The Balaban J connectivity index is 1.15. The Morgan fingerprint density at radius 1 is 0.316 bits per heavy atom. The molecule has 0 aliphatic carbocycles. The summed E-state index contributed by atoms with van der Waals surface area (Å²) in [7, 11) is 0. The van der Waals surface area contributed by atoms with Crippen molar-refractivity contribution in [3.8, 4) is 39.3 Å². The topological polar surface area (TPSA) is 14.8 Å². The molecule has 0 N–H and O–H groups in total. The lowest BCUT2D eigenvalue weighted by molar-refractivity contribution is 1.17. The van der Waals surface area contributed by atoms with Crippen LogP contribution in [0, 0.1) is 0 Å². The van der Waals surface area contributed by atoms with Gasteiger partial charge in [0, 0.05) is 43.7 Å². The first-order valence-corrected chi connectivity index (χ1v) is 19.0. The predicted octanol–water partition coefficient (Wildman–Crippen LogP) is 14.3. The highest BCUT2D eigenvalue weighted by Gasteiger charge is 2.20. The highest BCUT2D eigenvalue weighted by Crippen LogP contribution is 2.42. The molecule has 12 rings (SSSR count). The van der Waals surface area contributed by atoms with E-state index >= 15 is 0 Å². The third-order valence-corrected chi connectivity index (χ3v) is 11.3. The van der Waals surface area contributed by atoms with Crippen molar-refractivity contribution < 1.29 is 9.60 Å². The number of fused-ring (bicyclic) bond motifs is 9. The molecule has 3 nitrogen and oxygen atoms in total. The summed E-state index contributed by atoms with van der Waals surface area (Å²) in [6.45, 7) is 0. The molecule has 0 aliphatic rings. The summed E-state index contributed by atoms with van der Waals surface area (Å²) < 4.78 is 72.1. The normalized spacial score (nSPS) is 13.6. The highest BCUT2D eigenvalue weighted by molar-refractivity contribution is 6.17. The summed E-state index contributed by atoms with van der Waals surface area (Å²) in [5, 5.41) is 3.96. The van der Waals surface area contributed by atoms with E-state index in [1.165, 1.54) is 0 Å². The summed E-state index contributed by atoms with van der Waals surface area (Å²) in [5.74, 6) is 0. The monoisotopic (exact) mass is 732 g/mol. The van der Waals surface area contributed by atoms with Gasteiger partial charge in [0.05, 0.1) is 48.4 Å². The molecule has 0 saturated heterocycles. The van der Waals surface area contributed by atoms with Crippen molar-refractivity contribution in [1.82, 2.24) is 13.7 Å². The van der Waals surface area contributed by atoms with Gasteiger partial charge in [0.25, 0.3) is 0 Å². The summed E-state index contributed by atoms with van der Waals surface area (Å²) in [6, 6.07) is 54.8. The zero-order valence-electron chi connectivity index (χ0n) is 37.5. The summed E-state index contributed by atoms with van der Waals surface area (Å²) in [6.07, 6.45) is 0. The second kappa shape index (κ2) is 12.5. The van der Waals surface area contributed by atoms with Crippen molar-refractivity contribution in [2.45, 2.75) is 0 Å². The molecule has 12 aromatic rings. The number of nitrogens with zero attached hydrogens (tertiary/aromatic N) is 3. The first kappa shape index (κ1) is 25.5. The summed E-state index contributed by atoms with van der Waals surface area (Å²) >= 11 is 0. The maximum atomic E-state index is 10.0. The molecule has 3 heterocycles. The molecule has 0 unspecified atom stereocenters. The molecule has 266 valence electrons. The van der Waals surface area contributed by atoms with E-state index in [2.05, 4.69) is 57.7 Å². The Morgan fingerprint density at radius 3 is 1.79 bits per heavy atom. The van der Waals surface area contributed by atoms with Crippen LogP contribution < -0.4 is 0 Å². The SMILES string of the molecule is [2H]c1c([2H])c([2H])c2c(c1[2H])c1c([2H])c(-c3ccc4c(c3)c3ccccc3n4-c3cccc(-c4ccccc4)c3)c([2H])c([2H])c1n2-c1cccc2c1c1ccccc1n2-c1ccccc1. The first-order valence-electron chi connectivity index (χ1n) is 22.5. The van der Waals surface area contributed by atoms with Gasteiger partial charge in [0.15, 0.2) is 0 Å². The number of hydrogen-bond donors (Lipinski definition) is 0. The average Bonchev–Trinajstić information content (AvgIpc) is 3.99. The van der Waals surface area contributed by atoms with E-state index in [-0.39, 0.29) is 57.6 Å². The molecule has 57 heavy (non-hydrogen) atoms. The van der Waals surface area contributed by atoms with E-state index in [4.69, 9.17) is 2.74 Å². The maximum absolute atomic E-state index is 10.0. The van der Waals surface area contributed by atoms with E-state index in [1.54, 1.807) is 4.57 Å². The van der Waals surface area contributed by atoms with Crippen LogP contribution >= 0.6 is 0 Å². The van der Waals surface area contributed by atoms with E-state index in [0.717, 1.165) is 66.1 Å². The molecule has 0 aliphatic heterocycles. The van der Waals surface area contributed by atoms with E-state index < -0.39 is 12.1 Å². The molecule has 0 bridgehead atoms. The Kier molecular flexibility index (Phi) is 5.56. The Bertz CT molecular complexity index is 3920. The van der Waals surface area contributed by atoms with Crippen LogP contribution in [-0.2, 0) is 0 Å². The Hall–Kier alpha value is -7.62. The van der Waals surface area contributed by atoms with Gasteiger partial charge in [-0.2, -0.15) is 0 Å². The number of para-hydroxylation sites is 4. The largest absolute Gasteiger partial charge is 0.309 e. The van der Waals surface area contributed by atoms with Gasteiger partial charge in [-0.3, -0.25) is 0 Å². The third kappa shape index (κ3) is 4.79. The number of rotatable bonds is 5. The average molecular weight is 733 g/mol. The minimum absolute atomic E-state index is 0.0812. The number of aromatic nitrogens is 3. The zero-order chi connectivity index (χ0) is 43.5. The third-order valence-electron chi connectivity index (χ3n) is 11.3. The molecule has 0 spiro atoms. The van der Waals surface area contributed by atoms with Crippen molar-refractivity contribution in [2.24, 2.45) is 0 Å². The second-order valence-corrected chi connectivity index (χ2v) is 14.4. The van der Waals surface area contributed by atoms with Crippen LogP contribution in [0.1, 0.15) is 9.60 Å². The lowest BCUT2D eigenvalue weighted by Gasteiger charge is -2.12. The van der Waals surface area contributed by atoms with Gasteiger partial charge in [-0.1, -0.05) is 133 Å². The summed E-state index contributed by atoms with van der Waals surface area (Å²) in [4.78, 5) is 0. The van der Waals surface area contributed by atoms with Gasteiger partial charge in [0.1, 0.15) is 0 Å². The van der Waals surface area contributed by atoms with Crippen molar-refractivity contribution in [3.63, 3.8) is 0 Å². The molecule has 0 radical (unpaired) electrons. The minimum atomic E-state index is -0.427. The molecule has 0 atom stereocenters. The lowest BCUT2D eigenvalue weighted by Crippen LogP contribution is -1.96. The molecular weight excluding hydrogens is 691 g/mol. The van der Waals surface area contributed by atoms with Crippen molar-refractivity contribution >= 4 is 65.4 Å². The van der Waals surface area contributed by atoms with Crippen LogP contribution in [0.4, 0.5) is 0 Å². The number of hydrogen-bond acceptors (Lipinski definition) is 0. The van der Waals surface area contributed by atoms with Crippen LogP contribution in [0.3, 0.4) is 0 Å². The van der Waals surface area contributed by atoms with E-state index in [0.29, 0.717) is 11.3 Å². The first-order chi connectivity index (χ1) is 31.2. The molecule has 0 fully saturated rings. The van der Waals surface area contributed by atoms with Gasteiger partial charge in [-0.05, 0) is 101 Å². The number of benzene rings is 9. The van der Waals surface area contributed by atoms with Crippen LogP contribution in [0.15, 0.2) is 212 Å². The summed E-state index contributed by atoms with van der Waals surface area (Å²) in [5.41, 5.74) is 9.57. The Morgan fingerprint density at radius 2 is 0.930 bits per heavy atom. The molecule has 3 heteroatoms. The fourth-order valence-corrected chi connectivity index (χ4v) is 8.80. The minimum Gasteiger partial charge on any atom is -0.309 e. The smallest absolute Gasteiger partial charge is 0.0645 e. The van der Waals surface area contributed by atoms with Crippen LogP contribution in [0.25, 0.3) is 105 Å². The molecule has 3 aromatic heterocycles. The Labute approximate surface area is 339 Å². The van der Waals surface area contributed by atoms with Crippen molar-refractivity contribution in [2.75, 3.05) is 0 Å². The molecule has 9 aromatic carbocycles. The van der Waals surface area contributed by atoms with Crippen molar-refractivity contribution in [3.05, 3.63) is 212 Å². The van der Waals surface area contributed by atoms with E-state index in [1.807, 2.05) is 121 Å². The van der Waals surface area contributed by atoms with Gasteiger partial charge in [-0.15, -0.1) is 0 Å². The predicted molar refractivity (Wildman–Crippen MR) is 240 cm³/mol. The quantitative estimate of drug-likeness (QED) is 0.167. The van der Waals surface area contributed by atoms with Crippen molar-refractivity contribution in [1.29, 1.82) is 0 Å².